The topological polar surface area (TPSA) is 16.1 Å². The molecule has 5 heteroatoms. The molecular weight excluding hydrogens is 236 g/mol. The van der Waals surface area contributed by atoms with Crippen molar-refractivity contribution < 1.29 is 0 Å². The average molecular weight is 249 g/mol. The van der Waals surface area contributed by atoms with Crippen LogP contribution < -0.4 is 4.90 Å². The fraction of sp³-hybridized carbons (Fsp3) is 0.667. The summed E-state index contributed by atoms with van der Waals surface area (Å²) < 4.78 is 0. The van der Waals surface area contributed by atoms with E-state index >= 15 is 0 Å². The number of thiazole rings is 1. The Balaban J connectivity index is 2.04. The second kappa shape index (κ2) is 5.24. The summed E-state index contributed by atoms with van der Waals surface area (Å²) in [6.45, 7) is 2.27. The number of halogens is 1. The summed E-state index contributed by atoms with van der Waals surface area (Å²) in [5.74, 6) is 3.03. The SMILES string of the molecule is ClCc1csc(N2CCCSCC2)n1. The molecule has 1 aromatic heterocycles. The standard InChI is InChI=1S/C9H13ClN2S2/c10-6-8-7-14-9(11-8)12-2-1-4-13-5-3-12/h7H,1-6H2. The first-order chi connectivity index (χ1) is 6.90. The van der Waals surface area contributed by atoms with Gasteiger partial charge in [-0.1, -0.05) is 0 Å². The first-order valence-electron chi connectivity index (χ1n) is 4.73. The predicted octanol–water partition coefficient (Wildman–Crippen LogP) is 2.83. The zero-order chi connectivity index (χ0) is 9.80. The molecule has 14 heavy (non-hydrogen) atoms. The van der Waals surface area contributed by atoms with Gasteiger partial charge in [0.15, 0.2) is 5.13 Å². The van der Waals surface area contributed by atoms with Crippen LogP contribution in [0, 0.1) is 0 Å². The first-order valence-corrected chi connectivity index (χ1v) is 7.30. The molecule has 0 atom stereocenters. The number of thioether (sulfide) groups is 1. The molecule has 0 N–H and O–H groups in total. The van der Waals surface area contributed by atoms with E-state index in [1.807, 2.05) is 11.8 Å². The minimum atomic E-state index is 0.527. The van der Waals surface area contributed by atoms with Gasteiger partial charge in [0.25, 0.3) is 0 Å². The van der Waals surface area contributed by atoms with E-state index < -0.39 is 0 Å². The molecule has 0 aromatic carbocycles. The molecule has 0 aliphatic carbocycles. The highest BCUT2D eigenvalue weighted by molar-refractivity contribution is 7.99. The number of hydrogen-bond acceptors (Lipinski definition) is 4. The average Bonchev–Trinajstić information content (AvgIpc) is 2.53. The van der Waals surface area contributed by atoms with Crippen LogP contribution in [0.15, 0.2) is 5.38 Å². The lowest BCUT2D eigenvalue weighted by Gasteiger charge is -2.18. The molecule has 1 fully saturated rings. The normalized spacial score (nSPS) is 18.2. The van der Waals surface area contributed by atoms with Crippen molar-refractivity contribution in [3.63, 3.8) is 0 Å². The van der Waals surface area contributed by atoms with Gasteiger partial charge >= 0.3 is 0 Å². The van der Waals surface area contributed by atoms with Crippen LogP contribution in [0.25, 0.3) is 0 Å². The molecule has 1 aliphatic heterocycles. The highest BCUT2D eigenvalue weighted by Gasteiger charge is 2.12. The summed E-state index contributed by atoms with van der Waals surface area (Å²) in [4.78, 5) is 6.87. The Kier molecular flexibility index (Phi) is 3.96. The van der Waals surface area contributed by atoms with Crippen LogP contribution in [0.1, 0.15) is 12.1 Å². The molecular formula is C9H13ClN2S2. The third-order valence-electron chi connectivity index (χ3n) is 2.17. The summed E-state index contributed by atoms with van der Waals surface area (Å²) in [5.41, 5.74) is 1.00. The van der Waals surface area contributed by atoms with Crippen molar-refractivity contribution in [2.45, 2.75) is 12.3 Å². The highest BCUT2D eigenvalue weighted by Crippen LogP contribution is 2.23. The van der Waals surface area contributed by atoms with E-state index in [-0.39, 0.29) is 0 Å². The van der Waals surface area contributed by atoms with Gasteiger partial charge < -0.3 is 4.90 Å². The molecule has 1 aliphatic rings. The smallest absolute Gasteiger partial charge is 0.185 e. The monoisotopic (exact) mass is 248 g/mol. The van der Waals surface area contributed by atoms with E-state index in [1.54, 1.807) is 11.3 Å². The fourth-order valence-electron chi connectivity index (χ4n) is 1.44. The molecule has 0 radical (unpaired) electrons. The van der Waals surface area contributed by atoms with Gasteiger partial charge in [-0.15, -0.1) is 22.9 Å². The lowest BCUT2D eigenvalue weighted by atomic mass is 10.4. The van der Waals surface area contributed by atoms with Crippen LogP contribution in [-0.2, 0) is 5.88 Å². The van der Waals surface area contributed by atoms with Gasteiger partial charge in [0.1, 0.15) is 0 Å². The van der Waals surface area contributed by atoms with E-state index in [1.165, 1.54) is 17.9 Å². The van der Waals surface area contributed by atoms with Crippen molar-refractivity contribution in [2.75, 3.05) is 29.5 Å². The Morgan fingerprint density at radius 3 is 3.14 bits per heavy atom. The van der Waals surface area contributed by atoms with Crippen molar-refractivity contribution >= 4 is 39.8 Å². The van der Waals surface area contributed by atoms with Gasteiger partial charge in [-0.3, -0.25) is 0 Å². The third kappa shape index (κ3) is 2.55. The van der Waals surface area contributed by atoms with E-state index in [0.717, 1.165) is 23.9 Å². The second-order valence-electron chi connectivity index (χ2n) is 3.21. The Bertz CT molecular complexity index is 282. The molecule has 1 saturated heterocycles. The largest absolute Gasteiger partial charge is 0.347 e. The lowest BCUT2D eigenvalue weighted by molar-refractivity contribution is 0.810. The molecule has 2 heterocycles. The molecule has 0 bridgehead atoms. The Morgan fingerprint density at radius 2 is 2.36 bits per heavy atom. The van der Waals surface area contributed by atoms with E-state index in [0.29, 0.717) is 5.88 Å². The maximum Gasteiger partial charge on any atom is 0.185 e. The maximum absolute atomic E-state index is 5.73. The molecule has 2 rings (SSSR count). The Morgan fingerprint density at radius 1 is 1.43 bits per heavy atom. The van der Waals surface area contributed by atoms with Gasteiger partial charge in [-0.25, -0.2) is 4.98 Å². The van der Waals surface area contributed by atoms with Crippen molar-refractivity contribution in [1.82, 2.24) is 4.98 Å². The summed E-state index contributed by atoms with van der Waals surface area (Å²) in [5, 5.41) is 3.20. The third-order valence-corrected chi connectivity index (χ3v) is 4.44. The van der Waals surface area contributed by atoms with Crippen LogP contribution in [-0.4, -0.2) is 29.6 Å². The Labute approximate surface area is 97.7 Å². The Hall–Kier alpha value is 0.0700. The van der Waals surface area contributed by atoms with Crippen LogP contribution in [0.5, 0.6) is 0 Å². The van der Waals surface area contributed by atoms with Crippen molar-refractivity contribution in [3.05, 3.63) is 11.1 Å². The van der Waals surface area contributed by atoms with Crippen molar-refractivity contribution in [3.8, 4) is 0 Å². The molecule has 0 amide bonds. The van der Waals surface area contributed by atoms with Gasteiger partial charge in [0.05, 0.1) is 11.6 Å². The first kappa shape index (κ1) is 10.6. The van der Waals surface area contributed by atoms with E-state index in [2.05, 4.69) is 15.3 Å². The lowest BCUT2D eigenvalue weighted by Crippen LogP contribution is -2.25. The van der Waals surface area contributed by atoms with E-state index in [4.69, 9.17) is 11.6 Å². The second-order valence-corrected chi connectivity index (χ2v) is 5.54. The number of anilines is 1. The molecule has 1 aromatic rings. The molecule has 78 valence electrons. The fourth-order valence-corrected chi connectivity index (χ4v) is 3.43. The summed E-state index contributed by atoms with van der Waals surface area (Å²) >= 11 is 9.48. The number of alkyl halides is 1. The van der Waals surface area contributed by atoms with Crippen molar-refractivity contribution in [1.29, 1.82) is 0 Å². The zero-order valence-electron chi connectivity index (χ0n) is 7.91. The van der Waals surface area contributed by atoms with E-state index in [9.17, 15) is 0 Å². The molecule has 0 saturated carbocycles. The molecule has 0 spiro atoms. The number of rotatable bonds is 2. The number of hydrogen-bond donors (Lipinski definition) is 0. The van der Waals surface area contributed by atoms with Crippen LogP contribution >= 0.6 is 34.7 Å². The maximum atomic E-state index is 5.73. The van der Waals surface area contributed by atoms with Gasteiger partial charge in [0.2, 0.25) is 0 Å². The van der Waals surface area contributed by atoms with Crippen molar-refractivity contribution in [2.24, 2.45) is 0 Å². The predicted molar refractivity (Wildman–Crippen MR) is 65.8 cm³/mol. The zero-order valence-corrected chi connectivity index (χ0v) is 10.3. The quantitative estimate of drug-likeness (QED) is 0.749. The molecule has 0 unspecified atom stereocenters. The summed E-state index contributed by atoms with van der Waals surface area (Å²) in [6, 6.07) is 0. The van der Waals surface area contributed by atoms with Crippen LogP contribution in [0.2, 0.25) is 0 Å². The van der Waals surface area contributed by atoms with Gasteiger partial charge in [-0.05, 0) is 12.2 Å². The number of aromatic nitrogens is 1. The van der Waals surface area contributed by atoms with Gasteiger partial charge in [-0.2, -0.15) is 11.8 Å². The minimum absolute atomic E-state index is 0.527. The number of nitrogens with zero attached hydrogens (tertiary/aromatic N) is 2. The van der Waals surface area contributed by atoms with Crippen LogP contribution in [0.4, 0.5) is 5.13 Å². The molecule has 2 nitrogen and oxygen atoms in total. The minimum Gasteiger partial charge on any atom is -0.347 e. The highest BCUT2D eigenvalue weighted by atomic mass is 35.5. The van der Waals surface area contributed by atoms with Crippen LogP contribution in [0.3, 0.4) is 0 Å². The van der Waals surface area contributed by atoms with Gasteiger partial charge in [0, 0.05) is 24.2 Å². The summed E-state index contributed by atoms with van der Waals surface area (Å²) in [6.07, 6.45) is 1.26. The summed E-state index contributed by atoms with van der Waals surface area (Å²) in [7, 11) is 0.